The van der Waals surface area contributed by atoms with Crippen molar-refractivity contribution >= 4 is 47.6 Å². The molecule has 0 unspecified atom stereocenters. The van der Waals surface area contributed by atoms with Crippen LogP contribution in [0.5, 0.6) is 0 Å². The second-order valence-corrected chi connectivity index (χ2v) is 7.69. The highest BCUT2D eigenvalue weighted by atomic mass is 79.9. The molecule has 1 N–H and O–H groups in total. The molecule has 0 fully saturated rings. The van der Waals surface area contributed by atoms with Crippen LogP contribution in [0.15, 0.2) is 50.2 Å². The Morgan fingerprint density at radius 1 is 1.10 bits per heavy atom. The Balaban J connectivity index is 2.38. The Kier molecular flexibility index (Phi) is 4.71. The van der Waals surface area contributed by atoms with Crippen molar-refractivity contribution in [3.05, 3.63) is 56.5 Å². The predicted molar refractivity (Wildman–Crippen MR) is 88.5 cm³/mol. The van der Waals surface area contributed by atoms with Crippen molar-refractivity contribution in [3.8, 4) is 6.07 Å². The molecule has 0 atom stereocenters. The van der Waals surface area contributed by atoms with Crippen molar-refractivity contribution < 1.29 is 8.42 Å². The van der Waals surface area contributed by atoms with Gasteiger partial charge in [0.2, 0.25) is 0 Å². The third-order valence-corrected chi connectivity index (χ3v) is 5.96. The number of nitrogens with zero attached hydrogens (tertiary/aromatic N) is 1. The Morgan fingerprint density at radius 2 is 1.71 bits per heavy atom. The molecule has 0 aromatic heterocycles. The first-order chi connectivity index (χ1) is 9.83. The lowest BCUT2D eigenvalue weighted by molar-refractivity contribution is 0.600. The maximum absolute atomic E-state index is 12.4. The van der Waals surface area contributed by atoms with Crippen molar-refractivity contribution in [2.45, 2.75) is 11.8 Å². The van der Waals surface area contributed by atoms with E-state index in [1.807, 2.05) is 13.0 Å². The zero-order valence-corrected chi connectivity index (χ0v) is 14.9. The van der Waals surface area contributed by atoms with Crippen LogP contribution in [0, 0.1) is 18.3 Å². The molecule has 0 aliphatic rings. The Bertz CT molecular complexity index is 825. The van der Waals surface area contributed by atoms with Gasteiger partial charge in [-0.15, -0.1) is 0 Å². The van der Waals surface area contributed by atoms with Crippen LogP contribution in [0.2, 0.25) is 0 Å². The normalized spacial score (nSPS) is 11.0. The topological polar surface area (TPSA) is 70.0 Å². The third kappa shape index (κ3) is 3.64. The van der Waals surface area contributed by atoms with Crippen LogP contribution in [0.1, 0.15) is 11.1 Å². The number of anilines is 1. The summed E-state index contributed by atoms with van der Waals surface area (Å²) >= 11 is 6.60. The highest BCUT2D eigenvalue weighted by Gasteiger charge is 2.19. The Labute approximate surface area is 140 Å². The van der Waals surface area contributed by atoms with Gasteiger partial charge in [0.05, 0.1) is 11.6 Å². The minimum absolute atomic E-state index is 0.143. The molecule has 21 heavy (non-hydrogen) atoms. The molecule has 0 heterocycles. The number of rotatable bonds is 3. The molecule has 0 saturated carbocycles. The molecule has 4 nitrogen and oxygen atoms in total. The molecule has 0 aliphatic heterocycles. The quantitative estimate of drug-likeness (QED) is 0.794. The van der Waals surface area contributed by atoms with Gasteiger partial charge in [-0.2, -0.15) is 5.26 Å². The fourth-order valence-corrected chi connectivity index (χ4v) is 4.39. The molecule has 0 aliphatic carbocycles. The van der Waals surface area contributed by atoms with Gasteiger partial charge in [-0.25, -0.2) is 8.42 Å². The number of hydrogen-bond acceptors (Lipinski definition) is 3. The van der Waals surface area contributed by atoms with Gasteiger partial charge in [0.1, 0.15) is 4.90 Å². The summed E-state index contributed by atoms with van der Waals surface area (Å²) in [6.45, 7) is 1.87. The minimum Gasteiger partial charge on any atom is -0.280 e. The van der Waals surface area contributed by atoms with E-state index in [1.54, 1.807) is 36.4 Å². The van der Waals surface area contributed by atoms with Gasteiger partial charge < -0.3 is 0 Å². The lowest BCUT2D eigenvalue weighted by Crippen LogP contribution is -2.13. The number of hydrogen-bond donors (Lipinski definition) is 1. The summed E-state index contributed by atoms with van der Waals surface area (Å²) in [5, 5.41) is 8.73. The lowest BCUT2D eigenvalue weighted by atomic mass is 10.2. The van der Waals surface area contributed by atoms with E-state index < -0.39 is 10.0 Å². The van der Waals surface area contributed by atoms with Crippen LogP contribution < -0.4 is 4.72 Å². The van der Waals surface area contributed by atoms with Crippen LogP contribution in [-0.2, 0) is 10.0 Å². The summed E-state index contributed by atoms with van der Waals surface area (Å²) in [6.07, 6.45) is 0. The number of aryl methyl sites for hydroxylation is 1. The van der Waals surface area contributed by atoms with Gasteiger partial charge in [-0.3, -0.25) is 4.72 Å². The second kappa shape index (κ2) is 6.18. The first-order valence-electron chi connectivity index (χ1n) is 5.82. The smallest absolute Gasteiger partial charge is 0.263 e. The van der Waals surface area contributed by atoms with Crippen LogP contribution >= 0.6 is 31.9 Å². The van der Waals surface area contributed by atoms with Gasteiger partial charge in [-0.1, -0.05) is 15.9 Å². The number of nitrogens with one attached hydrogen (secondary N) is 1. The van der Waals surface area contributed by atoms with E-state index in [-0.39, 0.29) is 4.90 Å². The summed E-state index contributed by atoms with van der Waals surface area (Å²) in [5.74, 6) is 0. The highest BCUT2D eigenvalue weighted by molar-refractivity contribution is 9.11. The maximum Gasteiger partial charge on any atom is 0.263 e. The number of nitriles is 1. The Hall–Kier alpha value is -1.36. The standard InChI is InChI=1S/C14H10Br2N2O2S/c1-9-6-13(16)14(7-12(9)15)21(19,20)18-11-4-2-10(8-17)3-5-11/h2-7,18H,1H3. The van der Waals surface area contributed by atoms with E-state index >= 15 is 0 Å². The summed E-state index contributed by atoms with van der Waals surface area (Å²) in [4.78, 5) is 0.143. The van der Waals surface area contributed by atoms with Crippen molar-refractivity contribution in [1.29, 1.82) is 5.26 Å². The van der Waals surface area contributed by atoms with Crippen LogP contribution in [0.25, 0.3) is 0 Å². The van der Waals surface area contributed by atoms with Gasteiger partial charge >= 0.3 is 0 Å². The van der Waals surface area contributed by atoms with Gasteiger partial charge in [0.15, 0.2) is 0 Å². The fraction of sp³-hybridized carbons (Fsp3) is 0.0714. The molecular weight excluding hydrogens is 420 g/mol. The second-order valence-electron chi connectivity index (χ2n) is 4.33. The zero-order chi connectivity index (χ0) is 15.6. The molecule has 2 aromatic rings. The minimum atomic E-state index is -3.71. The lowest BCUT2D eigenvalue weighted by Gasteiger charge is -2.11. The van der Waals surface area contributed by atoms with E-state index in [2.05, 4.69) is 36.6 Å². The van der Waals surface area contributed by atoms with Gasteiger partial charge in [0, 0.05) is 14.6 Å². The molecular formula is C14H10Br2N2O2S. The van der Waals surface area contributed by atoms with Crippen LogP contribution in [0.4, 0.5) is 5.69 Å². The first kappa shape index (κ1) is 16.0. The van der Waals surface area contributed by atoms with Crippen molar-refractivity contribution in [3.63, 3.8) is 0 Å². The van der Waals surface area contributed by atoms with Crippen LogP contribution in [0.3, 0.4) is 0 Å². The summed E-state index contributed by atoms with van der Waals surface area (Å²) < 4.78 is 28.5. The average molecular weight is 430 g/mol. The summed E-state index contributed by atoms with van der Waals surface area (Å²) in [6, 6.07) is 11.5. The van der Waals surface area contributed by atoms with Crippen LogP contribution in [-0.4, -0.2) is 8.42 Å². The third-order valence-electron chi connectivity index (χ3n) is 2.77. The first-order valence-corrected chi connectivity index (χ1v) is 8.89. The molecule has 0 bridgehead atoms. The number of benzene rings is 2. The summed E-state index contributed by atoms with van der Waals surface area (Å²) in [5.41, 5.74) is 1.80. The molecule has 2 rings (SSSR count). The monoisotopic (exact) mass is 428 g/mol. The molecule has 0 radical (unpaired) electrons. The molecule has 2 aromatic carbocycles. The molecule has 108 valence electrons. The predicted octanol–water partition coefficient (Wildman–Crippen LogP) is 4.19. The molecule has 0 saturated heterocycles. The largest absolute Gasteiger partial charge is 0.280 e. The van der Waals surface area contributed by atoms with E-state index in [0.29, 0.717) is 20.2 Å². The average Bonchev–Trinajstić information content (AvgIpc) is 2.43. The van der Waals surface area contributed by atoms with Crippen molar-refractivity contribution in [1.82, 2.24) is 0 Å². The number of sulfonamides is 1. The SMILES string of the molecule is Cc1cc(Br)c(S(=O)(=O)Nc2ccc(C#N)cc2)cc1Br. The number of halogens is 2. The van der Waals surface area contributed by atoms with E-state index in [0.717, 1.165) is 5.56 Å². The maximum atomic E-state index is 12.4. The molecule has 0 spiro atoms. The van der Waals surface area contributed by atoms with Gasteiger partial charge in [0.25, 0.3) is 10.0 Å². The molecule has 0 amide bonds. The highest BCUT2D eigenvalue weighted by Crippen LogP contribution is 2.30. The Morgan fingerprint density at radius 3 is 2.29 bits per heavy atom. The molecule has 7 heteroatoms. The van der Waals surface area contributed by atoms with Gasteiger partial charge in [-0.05, 0) is 64.8 Å². The van der Waals surface area contributed by atoms with Crippen molar-refractivity contribution in [2.24, 2.45) is 0 Å². The summed E-state index contributed by atoms with van der Waals surface area (Å²) in [7, 11) is -3.71. The van der Waals surface area contributed by atoms with Crippen molar-refractivity contribution in [2.75, 3.05) is 4.72 Å². The van der Waals surface area contributed by atoms with E-state index in [1.165, 1.54) is 0 Å². The van der Waals surface area contributed by atoms with E-state index in [4.69, 9.17) is 5.26 Å². The zero-order valence-electron chi connectivity index (χ0n) is 10.9. The van der Waals surface area contributed by atoms with E-state index in [9.17, 15) is 8.42 Å². The fourth-order valence-electron chi connectivity index (χ4n) is 1.66.